The van der Waals surface area contributed by atoms with Gasteiger partial charge in [-0.05, 0) is 37.1 Å². The van der Waals surface area contributed by atoms with Crippen molar-refractivity contribution in [2.75, 3.05) is 5.32 Å². The number of carbonyl (C=O) groups is 1. The number of aryl methyl sites for hydroxylation is 1. The van der Waals surface area contributed by atoms with Crippen molar-refractivity contribution in [1.29, 1.82) is 0 Å². The molecule has 1 unspecified atom stereocenters. The minimum Gasteiger partial charge on any atom is -0.508 e. The summed E-state index contributed by atoms with van der Waals surface area (Å²) in [5.41, 5.74) is 1.15. The maximum absolute atomic E-state index is 13.0. The predicted octanol–water partition coefficient (Wildman–Crippen LogP) is 3.07. The zero-order chi connectivity index (χ0) is 13.3. The van der Waals surface area contributed by atoms with Crippen molar-refractivity contribution in [2.45, 2.75) is 32.1 Å². The van der Waals surface area contributed by atoms with Gasteiger partial charge in [0, 0.05) is 24.4 Å². The first-order valence-corrected chi connectivity index (χ1v) is 5.86. The van der Waals surface area contributed by atoms with Gasteiger partial charge >= 0.3 is 0 Å². The molecule has 0 bridgehead atoms. The molecule has 98 valence electrons. The lowest BCUT2D eigenvalue weighted by molar-refractivity contribution is -0.120. The SMILES string of the molecule is Cc1cc(NC(=O)C2CCC(F)(F)C2)ccc1O. The molecular formula is C13H15F2NO2. The number of hydrogen-bond acceptors (Lipinski definition) is 2. The quantitative estimate of drug-likeness (QED) is 0.798. The molecular weight excluding hydrogens is 240 g/mol. The first kappa shape index (κ1) is 12.8. The Morgan fingerprint density at radius 2 is 2.22 bits per heavy atom. The fraction of sp³-hybridized carbons (Fsp3) is 0.462. The molecule has 1 amide bonds. The molecule has 5 heteroatoms. The normalized spacial score (nSPS) is 21.8. The number of anilines is 1. The highest BCUT2D eigenvalue weighted by Crippen LogP contribution is 2.39. The monoisotopic (exact) mass is 255 g/mol. The number of aromatic hydroxyl groups is 1. The summed E-state index contributed by atoms with van der Waals surface area (Å²) in [5, 5.41) is 12.0. The van der Waals surface area contributed by atoms with Gasteiger partial charge in [-0.2, -0.15) is 0 Å². The maximum Gasteiger partial charge on any atom is 0.248 e. The fourth-order valence-electron chi connectivity index (χ4n) is 2.15. The summed E-state index contributed by atoms with van der Waals surface area (Å²) in [5.74, 6) is -3.58. The minimum absolute atomic E-state index is 0.139. The number of phenols is 1. The first-order valence-electron chi connectivity index (χ1n) is 5.86. The molecule has 1 saturated carbocycles. The summed E-state index contributed by atoms with van der Waals surface area (Å²) in [6.45, 7) is 1.70. The lowest BCUT2D eigenvalue weighted by atomic mass is 10.1. The number of hydrogen-bond donors (Lipinski definition) is 2. The average Bonchev–Trinajstić information content (AvgIpc) is 2.64. The van der Waals surface area contributed by atoms with E-state index in [2.05, 4.69) is 5.32 Å². The van der Waals surface area contributed by atoms with Gasteiger partial charge in [0.1, 0.15) is 5.75 Å². The summed E-state index contributed by atoms with van der Waals surface area (Å²) in [4.78, 5) is 11.8. The predicted molar refractivity (Wildman–Crippen MR) is 63.8 cm³/mol. The number of alkyl halides is 2. The smallest absolute Gasteiger partial charge is 0.248 e. The molecule has 0 radical (unpaired) electrons. The average molecular weight is 255 g/mol. The molecule has 0 heterocycles. The lowest BCUT2D eigenvalue weighted by Crippen LogP contribution is -2.22. The fourth-order valence-corrected chi connectivity index (χ4v) is 2.15. The van der Waals surface area contributed by atoms with Crippen LogP contribution in [0.3, 0.4) is 0 Å². The highest BCUT2D eigenvalue weighted by molar-refractivity contribution is 5.93. The maximum atomic E-state index is 13.0. The van der Waals surface area contributed by atoms with Crippen molar-refractivity contribution in [3.8, 4) is 5.75 Å². The van der Waals surface area contributed by atoms with Crippen LogP contribution in [-0.4, -0.2) is 16.9 Å². The largest absolute Gasteiger partial charge is 0.508 e. The third kappa shape index (κ3) is 2.78. The van der Waals surface area contributed by atoms with Gasteiger partial charge in [-0.25, -0.2) is 8.78 Å². The molecule has 18 heavy (non-hydrogen) atoms. The second-order valence-electron chi connectivity index (χ2n) is 4.79. The zero-order valence-electron chi connectivity index (χ0n) is 10.0. The van der Waals surface area contributed by atoms with Crippen LogP contribution in [0, 0.1) is 12.8 Å². The van der Waals surface area contributed by atoms with Gasteiger partial charge in [0.05, 0.1) is 0 Å². The van der Waals surface area contributed by atoms with Crippen molar-refractivity contribution in [3.05, 3.63) is 23.8 Å². The number of phenolic OH excluding ortho intramolecular Hbond substituents is 1. The van der Waals surface area contributed by atoms with E-state index in [0.29, 0.717) is 11.3 Å². The Morgan fingerprint density at radius 3 is 2.78 bits per heavy atom. The molecule has 3 nitrogen and oxygen atoms in total. The Kier molecular flexibility index (Phi) is 3.24. The zero-order valence-corrected chi connectivity index (χ0v) is 10.0. The summed E-state index contributed by atoms with van der Waals surface area (Å²) in [6, 6.07) is 4.63. The van der Waals surface area contributed by atoms with Crippen LogP contribution in [0.1, 0.15) is 24.8 Å². The molecule has 2 rings (SSSR count). The third-order valence-corrected chi connectivity index (χ3v) is 3.24. The molecule has 0 spiro atoms. The van der Waals surface area contributed by atoms with Gasteiger partial charge in [-0.1, -0.05) is 0 Å². The topological polar surface area (TPSA) is 49.3 Å². The van der Waals surface area contributed by atoms with E-state index in [4.69, 9.17) is 0 Å². The highest BCUT2D eigenvalue weighted by atomic mass is 19.3. The number of carbonyl (C=O) groups excluding carboxylic acids is 1. The molecule has 1 aliphatic rings. The number of benzene rings is 1. The van der Waals surface area contributed by atoms with E-state index < -0.39 is 11.8 Å². The van der Waals surface area contributed by atoms with Gasteiger partial charge in [-0.3, -0.25) is 4.79 Å². The molecule has 1 aliphatic carbocycles. The number of rotatable bonds is 2. The van der Waals surface area contributed by atoms with E-state index in [9.17, 15) is 18.7 Å². The van der Waals surface area contributed by atoms with Crippen molar-refractivity contribution < 1.29 is 18.7 Å². The van der Waals surface area contributed by atoms with Gasteiger partial charge in [0.15, 0.2) is 0 Å². The molecule has 1 atom stereocenters. The van der Waals surface area contributed by atoms with Crippen LogP contribution in [0.4, 0.5) is 14.5 Å². The van der Waals surface area contributed by atoms with Crippen LogP contribution in [0.25, 0.3) is 0 Å². The first-order chi connectivity index (χ1) is 8.37. The van der Waals surface area contributed by atoms with E-state index in [1.165, 1.54) is 6.07 Å². The molecule has 0 aromatic heterocycles. The van der Waals surface area contributed by atoms with Crippen molar-refractivity contribution >= 4 is 11.6 Å². The van der Waals surface area contributed by atoms with E-state index in [1.54, 1.807) is 19.1 Å². The van der Waals surface area contributed by atoms with E-state index in [-0.39, 0.29) is 30.9 Å². The molecule has 1 aromatic carbocycles. The molecule has 1 fully saturated rings. The molecule has 0 saturated heterocycles. The van der Waals surface area contributed by atoms with Gasteiger partial charge in [0.2, 0.25) is 11.8 Å². The Morgan fingerprint density at radius 1 is 1.50 bits per heavy atom. The Hall–Kier alpha value is -1.65. The molecule has 2 N–H and O–H groups in total. The van der Waals surface area contributed by atoms with Gasteiger partial charge in [-0.15, -0.1) is 0 Å². The van der Waals surface area contributed by atoms with Crippen molar-refractivity contribution in [2.24, 2.45) is 5.92 Å². The van der Waals surface area contributed by atoms with E-state index >= 15 is 0 Å². The number of halogens is 2. The van der Waals surface area contributed by atoms with Gasteiger partial charge in [0.25, 0.3) is 0 Å². The second-order valence-corrected chi connectivity index (χ2v) is 4.79. The summed E-state index contributed by atoms with van der Waals surface area (Å²) in [7, 11) is 0. The number of amides is 1. The van der Waals surface area contributed by atoms with Gasteiger partial charge < -0.3 is 10.4 Å². The lowest BCUT2D eigenvalue weighted by Gasteiger charge is -2.12. The number of nitrogens with one attached hydrogen (secondary N) is 1. The molecule has 1 aromatic rings. The van der Waals surface area contributed by atoms with Crippen LogP contribution in [0.2, 0.25) is 0 Å². The van der Waals surface area contributed by atoms with E-state index in [1.807, 2.05) is 0 Å². The standard InChI is InChI=1S/C13H15F2NO2/c1-8-6-10(2-3-11(8)17)16-12(18)9-4-5-13(14,15)7-9/h2-3,6,9,17H,4-5,7H2,1H3,(H,16,18). The van der Waals surface area contributed by atoms with Crippen LogP contribution in [0.15, 0.2) is 18.2 Å². The Bertz CT molecular complexity index is 474. The van der Waals surface area contributed by atoms with Crippen molar-refractivity contribution in [3.63, 3.8) is 0 Å². The Balaban J connectivity index is 2.01. The summed E-state index contributed by atoms with van der Waals surface area (Å²) >= 11 is 0. The van der Waals surface area contributed by atoms with Crippen LogP contribution < -0.4 is 5.32 Å². The Labute approximate surface area is 104 Å². The van der Waals surface area contributed by atoms with Crippen LogP contribution in [-0.2, 0) is 4.79 Å². The third-order valence-electron chi connectivity index (χ3n) is 3.24. The summed E-state index contributed by atoms with van der Waals surface area (Å²) < 4.78 is 26.0. The summed E-state index contributed by atoms with van der Waals surface area (Å²) in [6.07, 6.45) is -0.383. The highest BCUT2D eigenvalue weighted by Gasteiger charge is 2.42. The van der Waals surface area contributed by atoms with Crippen LogP contribution >= 0.6 is 0 Å². The molecule has 0 aliphatic heterocycles. The minimum atomic E-state index is -2.72. The second kappa shape index (κ2) is 4.55. The van der Waals surface area contributed by atoms with Crippen LogP contribution in [0.5, 0.6) is 5.75 Å². The van der Waals surface area contributed by atoms with E-state index in [0.717, 1.165) is 0 Å². The van der Waals surface area contributed by atoms with Crippen molar-refractivity contribution in [1.82, 2.24) is 0 Å².